The van der Waals surface area contributed by atoms with E-state index in [1.807, 2.05) is 7.05 Å². The van der Waals surface area contributed by atoms with E-state index in [-0.39, 0.29) is 17.5 Å². The molecule has 118 valence electrons. The Morgan fingerprint density at radius 1 is 1.19 bits per heavy atom. The Balaban J connectivity index is 1.99. The second-order valence-corrected chi connectivity index (χ2v) is 8.52. The number of rotatable bonds is 6. The summed E-state index contributed by atoms with van der Waals surface area (Å²) in [5, 5.41) is 3.85. The van der Waals surface area contributed by atoms with Crippen LogP contribution in [0.4, 0.5) is 0 Å². The third-order valence-electron chi connectivity index (χ3n) is 4.32. The van der Waals surface area contributed by atoms with Crippen LogP contribution >= 0.6 is 11.6 Å². The standard InChI is InChI=1S/C16H24ClNO2S/c1-18-16(14-5-3-2-4-6-14)12-21(19,20)11-13-7-9-15(17)10-8-13/h7-10,14,16,18H,2-6,11-12H2,1H3. The lowest BCUT2D eigenvalue weighted by Gasteiger charge is -2.29. The molecule has 0 radical (unpaired) electrons. The van der Waals surface area contributed by atoms with E-state index in [9.17, 15) is 8.42 Å². The summed E-state index contributed by atoms with van der Waals surface area (Å²) < 4.78 is 24.8. The average Bonchev–Trinajstić information content (AvgIpc) is 2.48. The summed E-state index contributed by atoms with van der Waals surface area (Å²) in [4.78, 5) is 0. The molecule has 0 bridgehead atoms. The molecule has 0 saturated heterocycles. The molecule has 1 aromatic rings. The highest BCUT2D eigenvalue weighted by molar-refractivity contribution is 7.90. The molecule has 2 rings (SSSR count). The molecule has 5 heteroatoms. The van der Waals surface area contributed by atoms with E-state index in [1.54, 1.807) is 24.3 Å². The molecule has 1 aliphatic carbocycles. The van der Waals surface area contributed by atoms with Crippen LogP contribution in [-0.2, 0) is 15.6 Å². The maximum Gasteiger partial charge on any atom is 0.155 e. The van der Waals surface area contributed by atoms with Gasteiger partial charge >= 0.3 is 0 Å². The minimum atomic E-state index is -3.11. The molecule has 0 amide bonds. The summed E-state index contributed by atoms with van der Waals surface area (Å²) in [5.74, 6) is 0.801. The van der Waals surface area contributed by atoms with Gasteiger partial charge in [-0.25, -0.2) is 8.42 Å². The third-order valence-corrected chi connectivity index (χ3v) is 6.22. The van der Waals surface area contributed by atoms with Gasteiger partial charge in [0.2, 0.25) is 0 Å². The Bertz CT molecular complexity index is 536. The van der Waals surface area contributed by atoms with Gasteiger partial charge < -0.3 is 5.32 Å². The Hall–Kier alpha value is -0.580. The summed E-state index contributed by atoms with van der Waals surface area (Å²) in [6.07, 6.45) is 6.01. The number of hydrogen-bond donors (Lipinski definition) is 1. The number of halogens is 1. The van der Waals surface area contributed by atoms with Crippen molar-refractivity contribution in [2.75, 3.05) is 12.8 Å². The molecule has 1 saturated carbocycles. The molecule has 1 atom stereocenters. The fourth-order valence-electron chi connectivity index (χ4n) is 3.16. The Labute approximate surface area is 133 Å². The van der Waals surface area contributed by atoms with Gasteiger partial charge in [0.05, 0.1) is 11.5 Å². The molecule has 1 aromatic carbocycles. The highest BCUT2D eigenvalue weighted by Gasteiger charge is 2.27. The first-order chi connectivity index (χ1) is 10.00. The summed E-state index contributed by atoms with van der Waals surface area (Å²) in [6.45, 7) is 0. The molecule has 1 unspecified atom stereocenters. The van der Waals surface area contributed by atoms with Crippen molar-refractivity contribution in [1.29, 1.82) is 0 Å². The quantitative estimate of drug-likeness (QED) is 0.869. The largest absolute Gasteiger partial charge is 0.316 e. The van der Waals surface area contributed by atoms with Crippen molar-refractivity contribution in [3.63, 3.8) is 0 Å². The number of benzene rings is 1. The molecular formula is C16H24ClNO2S. The minimum Gasteiger partial charge on any atom is -0.316 e. The van der Waals surface area contributed by atoms with Crippen LogP contribution in [0.1, 0.15) is 37.7 Å². The Kier molecular flexibility index (Phi) is 6.08. The molecule has 1 fully saturated rings. The van der Waals surface area contributed by atoms with Gasteiger partial charge in [0, 0.05) is 11.1 Å². The minimum absolute atomic E-state index is 0.0719. The molecule has 1 aliphatic rings. The number of sulfone groups is 1. The van der Waals surface area contributed by atoms with E-state index < -0.39 is 9.84 Å². The van der Waals surface area contributed by atoms with Gasteiger partial charge in [-0.1, -0.05) is 43.0 Å². The number of nitrogens with one attached hydrogen (secondary N) is 1. The average molecular weight is 330 g/mol. The SMILES string of the molecule is CNC(CS(=O)(=O)Cc1ccc(Cl)cc1)C1CCCCC1. The Morgan fingerprint density at radius 3 is 2.38 bits per heavy atom. The first-order valence-corrected chi connectivity index (χ1v) is 9.82. The summed E-state index contributed by atoms with van der Waals surface area (Å²) in [6, 6.07) is 7.12. The van der Waals surface area contributed by atoms with E-state index in [0.717, 1.165) is 18.4 Å². The van der Waals surface area contributed by atoms with Crippen molar-refractivity contribution in [3.05, 3.63) is 34.9 Å². The molecule has 3 nitrogen and oxygen atoms in total. The van der Waals surface area contributed by atoms with Crippen LogP contribution < -0.4 is 5.32 Å². The first-order valence-electron chi connectivity index (χ1n) is 7.62. The van der Waals surface area contributed by atoms with Crippen LogP contribution in [0.15, 0.2) is 24.3 Å². The van der Waals surface area contributed by atoms with Gasteiger partial charge in [0.25, 0.3) is 0 Å². The van der Waals surface area contributed by atoms with Crippen LogP contribution in [0.25, 0.3) is 0 Å². The van der Waals surface area contributed by atoms with Crippen molar-refractivity contribution in [3.8, 4) is 0 Å². The van der Waals surface area contributed by atoms with E-state index in [1.165, 1.54) is 19.3 Å². The van der Waals surface area contributed by atoms with Crippen molar-refractivity contribution in [1.82, 2.24) is 5.32 Å². The molecule has 0 heterocycles. The monoisotopic (exact) mass is 329 g/mol. The van der Waals surface area contributed by atoms with Gasteiger partial charge in [-0.3, -0.25) is 0 Å². The zero-order valence-electron chi connectivity index (χ0n) is 12.5. The van der Waals surface area contributed by atoms with Crippen LogP contribution in [0.3, 0.4) is 0 Å². The molecule has 1 N–H and O–H groups in total. The second-order valence-electron chi connectivity index (χ2n) is 5.97. The molecule has 0 spiro atoms. The lowest BCUT2D eigenvalue weighted by molar-refractivity contribution is 0.292. The van der Waals surface area contributed by atoms with Crippen molar-refractivity contribution < 1.29 is 8.42 Å². The van der Waals surface area contributed by atoms with E-state index in [2.05, 4.69) is 5.32 Å². The van der Waals surface area contributed by atoms with Crippen LogP contribution in [-0.4, -0.2) is 27.3 Å². The van der Waals surface area contributed by atoms with E-state index >= 15 is 0 Å². The van der Waals surface area contributed by atoms with Crippen LogP contribution in [0, 0.1) is 5.92 Å². The fourth-order valence-corrected chi connectivity index (χ4v) is 5.09. The van der Waals surface area contributed by atoms with Gasteiger partial charge in [-0.05, 0) is 43.5 Å². The molecular weight excluding hydrogens is 306 g/mol. The first kappa shape index (κ1) is 16.8. The van der Waals surface area contributed by atoms with Crippen LogP contribution in [0.5, 0.6) is 0 Å². The molecule has 0 aromatic heterocycles. The van der Waals surface area contributed by atoms with Crippen molar-refractivity contribution in [2.45, 2.75) is 43.9 Å². The molecule has 0 aliphatic heterocycles. The van der Waals surface area contributed by atoms with Crippen LogP contribution in [0.2, 0.25) is 5.02 Å². The van der Waals surface area contributed by atoms with Gasteiger partial charge in [0.15, 0.2) is 9.84 Å². The van der Waals surface area contributed by atoms with E-state index in [4.69, 9.17) is 11.6 Å². The second kappa shape index (κ2) is 7.61. The lowest BCUT2D eigenvalue weighted by Crippen LogP contribution is -2.40. The Morgan fingerprint density at radius 2 is 1.81 bits per heavy atom. The normalized spacial score (nSPS) is 18.6. The fraction of sp³-hybridized carbons (Fsp3) is 0.625. The summed E-state index contributed by atoms with van der Waals surface area (Å²) >= 11 is 5.83. The lowest BCUT2D eigenvalue weighted by atomic mass is 9.84. The predicted octanol–water partition coefficient (Wildman–Crippen LogP) is 3.42. The van der Waals surface area contributed by atoms with Gasteiger partial charge in [-0.2, -0.15) is 0 Å². The summed E-state index contributed by atoms with van der Waals surface area (Å²) in [5.41, 5.74) is 0.804. The van der Waals surface area contributed by atoms with Crippen molar-refractivity contribution in [2.24, 2.45) is 5.92 Å². The van der Waals surface area contributed by atoms with Gasteiger partial charge in [0.1, 0.15) is 0 Å². The maximum atomic E-state index is 12.4. The smallest absolute Gasteiger partial charge is 0.155 e. The maximum absolute atomic E-state index is 12.4. The van der Waals surface area contributed by atoms with E-state index in [0.29, 0.717) is 10.9 Å². The zero-order valence-corrected chi connectivity index (χ0v) is 14.1. The predicted molar refractivity (Wildman–Crippen MR) is 88.4 cm³/mol. The van der Waals surface area contributed by atoms with Crippen molar-refractivity contribution >= 4 is 21.4 Å². The van der Waals surface area contributed by atoms with Gasteiger partial charge in [-0.15, -0.1) is 0 Å². The highest BCUT2D eigenvalue weighted by Crippen LogP contribution is 2.27. The third kappa shape index (κ3) is 5.28. The topological polar surface area (TPSA) is 46.2 Å². The zero-order chi connectivity index (χ0) is 15.3. The number of hydrogen-bond acceptors (Lipinski definition) is 3. The highest BCUT2D eigenvalue weighted by atomic mass is 35.5. The summed E-state index contributed by atoms with van der Waals surface area (Å²) in [7, 11) is -1.24. The molecule has 21 heavy (non-hydrogen) atoms.